The third-order valence-electron chi connectivity index (χ3n) is 2.19. The fourth-order valence-corrected chi connectivity index (χ4v) is 2.19. The molecule has 2 unspecified atom stereocenters. The Kier molecular flexibility index (Phi) is 5.75. The maximum absolute atomic E-state index is 5.71. The first-order chi connectivity index (χ1) is 7.99. The van der Waals surface area contributed by atoms with E-state index in [1.807, 2.05) is 26.0 Å². The van der Waals surface area contributed by atoms with Gasteiger partial charge in [0.2, 0.25) is 0 Å². The zero-order chi connectivity index (χ0) is 12.8. The normalized spacial score (nSPS) is 14.5. The highest BCUT2D eigenvalue weighted by Gasteiger charge is 2.11. The number of alkyl halides is 1. The van der Waals surface area contributed by atoms with Gasteiger partial charge in [0.15, 0.2) is 11.6 Å². The van der Waals surface area contributed by atoms with Gasteiger partial charge in [0, 0.05) is 17.1 Å². The SMILES string of the molecule is CC(Br)CC(C)Nc1ncccc1OC(C)C. The van der Waals surface area contributed by atoms with Gasteiger partial charge in [0.25, 0.3) is 0 Å². The molecule has 1 heterocycles. The second-order valence-electron chi connectivity index (χ2n) is 4.58. The highest BCUT2D eigenvalue weighted by atomic mass is 79.9. The van der Waals surface area contributed by atoms with Gasteiger partial charge in [-0.15, -0.1) is 0 Å². The van der Waals surface area contributed by atoms with Gasteiger partial charge < -0.3 is 10.1 Å². The lowest BCUT2D eigenvalue weighted by Gasteiger charge is -2.19. The molecular formula is C13H21BrN2O. The van der Waals surface area contributed by atoms with Crippen molar-refractivity contribution in [3.8, 4) is 5.75 Å². The number of pyridine rings is 1. The molecule has 0 aliphatic carbocycles. The second kappa shape index (κ2) is 6.84. The minimum absolute atomic E-state index is 0.158. The molecule has 2 atom stereocenters. The van der Waals surface area contributed by atoms with Crippen molar-refractivity contribution in [3.05, 3.63) is 18.3 Å². The smallest absolute Gasteiger partial charge is 0.168 e. The fraction of sp³-hybridized carbons (Fsp3) is 0.615. The van der Waals surface area contributed by atoms with E-state index < -0.39 is 0 Å². The predicted octanol–water partition coefficient (Wildman–Crippen LogP) is 3.84. The number of nitrogens with zero attached hydrogens (tertiary/aromatic N) is 1. The average Bonchev–Trinajstić information content (AvgIpc) is 2.18. The predicted molar refractivity (Wildman–Crippen MR) is 76.1 cm³/mol. The molecule has 0 saturated carbocycles. The molecule has 0 bridgehead atoms. The van der Waals surface area contributed by atoms with Crippen LogP contribution in [0.15, 0.2) is 18.3 Å². The second-order valence-corrected chi connectivity index (χ2v) is 6.14. The third-order valence-corrected chi connectivity index (χ3v) is 2.57. The van der Waals surface area contributed by atoms with Crippen molar-refractivity contribution in [1.82, 2.24) is 4.98 Å². The molecule has 1 aromatic heterocycles. The minimum atomic E-state index is 0.158. The van der Waals surface area contributed by atoms with E-state index in [-0.39, 0.29) is 6.10 Å². The molecule has 0 aliphatic heterocycles. The van der Waals surface area contributed by atoms with Crippen LogP contribution in [0.5, 0.6) is 5.75 Å². The zero-order valence-electron chi connectivity index (χ0n) is 10.9. The van der Waals surface area contributed by atoms with E-state index in [0.29, 0.717) is 10.9 Å². The number of anilines is 1. The monoisotopic (exact) mass is 300 g/mol. The Hall–Kier alpha value is -0.770. The van der Waals surface area contributed by atoms with Crippen molar-refractivity contribution in [1.29, 1.82) is 0 Å². The number of halogens is 1. The summed E-state index contributed by atoms with van der Waals surface area (Å²) in [5.41, 5.74) is 0. The molecular weight excluding hydrogens is 280 g/mol. The summed E-state index contributed by atoms with van der Waals surface area (Å²) >= 11 is 3.56. The summed E-state index contributed by atoms with van der Waals surface area (Å²) in [6.45, 7) is 8.31. The Morgan fingerprint density at radius 1 is 1.35 bits per heavy atom. The van der Waals surface area contributed by atoms with Gasteiger partial charge in [0.05, 0.1) is 6.10 Å². The summed E-state index contributed by atoms with van der Waals surface area (Å²) in [6, 6.07) is 4.19. The number of hydrogen-bond donors (Lipinski definition) is 1. The van der Waals surface area contributed by atoms with Gasteiger partial charge in [-0.1, -0.05) is 22.9 Å². The molecule has 0 spiro atoms. The first-order valence-electron chi connectivity index (χ1n) is 6.01. The van der Waals surface area contributed by atoms with E-state index in [1.165, 1.54) is 0 Å². The topological polar surface area (TPSA) is 34.2 Å². The van der Waals surface area contributed by atoms with Gasteiger partial charge in [0.1, 0.15) is 0 Å². The third kappa shape index (κ3) is 5.39. The lowest BCUT2D eigenvalue weighted by Crippen LogP contribution is -2.20. The van der Waals surface area contributed by atoms with Crippen LogP contribution in [0.4, 0.5) is 5.82 Å². The molecule has 3 nitrogen and oxygen atoms in total. The molecule has 0 amide bonds. The highest BCUT2D eigenvalue weighted by Crippen LogP contribution is 2.23. The van der Waals surface area contributed by atoms with Crippen LogP contribution < -0.4 is 10.1 Å². The van der Waals surface area contributed by atoms with Crippen LogP contribution in [0.1, 0.15) is 34.1 Å². The van der Waals surface area contributed by atoms with Gasteiger partial charge in [-0.2, -0.15) is 0 Å². The van der Waals surface area contributed by atoms with Crippen LogP contribution in [0.3, 0.4) is 0 Å². The first-order valence-corrected chi connectivity index (χ1v) is 6.93. The van der Waals surface area contributed by atoms with Crippen LogP contribution in [-0.4, -0.2) is 22.0 Å². The summed E-state index contributed by atoms with van der Waals surface area (Å²) in [5, 5.41) is 3.38. The molecule has 0 radical (unpaired) electrons. The maximum atomic E-state index is 5.71. The Bertz CT molecular complexity index is 342. The molecule has 17 heavy (non-hydrogen) atoms. The number of hydrogen-bond acceptors (Lipinski definition) is 3. The summed E-state index contributed by atoms with van der Waals surface area (Å²) in [7, 11) is 0. The van der Waals surface area contributed by atoms with Crippen LogP contribution >= 0.6 is 15.9 Å². The van der Waals surface area contributed by atoms with Gasteiger partial charge in [-0.3, -0.25) is 0 Å². The molecule has 1 rings (SSSR count). The summed E-state index contributed by atoms with van der Waals surface area (Å²) in [4.78, 5) is 4.82. The van der Waals surface area contributed by atoms with E-state index in [9.17, 15) is 0 Å². The summed E-state index contributed by atoms with van der Waals surface area (Å²) in [5.74, 6) is 1.64. The maximum Gasteiger partial charge on any atom is 0.168 e. The van der Waals surface area contributed by atoms with Crippen molar-refractivity contribution < 1.29 is 4.74 Å². The Balaban J connectivity index is 2.69. The van der Waals surface area contributed by atoms with E-state index in [0.717, 1.165) is 18.0 Å². The van der Waals surface area contributed by atoms with E-state index in [2.05, 4.69) is 40.1 Å². The van der Waals surface area contributed by atoms with Crippen LogP contribution in [-0.2, 0) is 0 Å². The molecule has 4 heteroatoms. The summed E-state index contributed by atoms with van der Waals surface area (Å²) in [6.07, 6.45) is 2.97. The highest BCUT2D eigenvalue weighted by molar-refractivity contribution is 9.09. The van der Waals surface area contributed by atoms with Gasteiger partial charge in [-0.05, 0) is 39.3 Å². The quantitative estimate of drug-likeness (QED) is 0.811. The number of rotatable bonds is 6. The van der Waals surface area contributed by atoms with Crippen LogP contribution in [0.2, 0.25) is 0 Å². The van der Waals surface area contributed by atoms with Crippen molar-refractivity contribution in [2.75, 3.05) is 5.32 Å². The molecule has 96 valence electrons. The Morgan fingerprint density at radius 3 is 2.65 bits per heavy atom. The number of nitrogens with one attached hydrogen (secondary N) is 1. The van der Waals surface area contributed by atoms with Gasteiger partial charge in [-0.25, -0.2) is 4.98 Å². The zero-order valence-corrected chi connectivity index (χ0v) is 12.5. The number of aromatic nitrogens is 1. The Morgan fingerprint density at radius 2 is 2.06 bits per heavy atom. The molecule has 0 fully saturated rings. The molecule has 0 aliphatic rings. The molecule has 1 aromatic rings. The lowest BCUT2D eigenvalue weighted by atomic mass is 10.2. The van der Waals surface area contributed by atoms with E-state index in [4.69, 9.17) is 4.74 Å². The minimum Gasteiger partial charge on any atom is -0.487 e. The largest absolute Gasteiger partial charge is 0.487 e. The van der Waals surface area contributed by atoms with Gasteiger partial charge >= 0.3 is 0 Å². The molecule has 0 saturated heterocycles. The van der Waals surface area contributed by atoms with Crippen LogP contribution in [0, 0.1) is 0 Å². The molecule has 1 N–H and O–H groups in total. The molecule has 0 aromatic carbocycles. The van der Waals surface area contributed by atoms with Crippen molar-refractivity contribution in [2.24, 2.45) is 0 Å². The standard InChI is InChI=1S/C13H21BrN2O/c1-9(2)17-12-6-5-7-15-13(12)16-11(4)8-10(3)14/h5-7,9-11H,8H2,1-4H3,(H,15,16). The Labute approximate surface area is 112 Å². The fourth-order valence-electron chi connectivity index (χ4n) is 1.63. The van der Waals surface area contributed by atoms with Crippen molar-refractivity contribution in [2.45, 2.75) is 51.1 Å². The lowest BCUT2D eigenvalue weighted by molar-refractivity contribution is 0.242. The van der Waals surface area contributed by atoms with Crippen LogP contribution in [0.25, 0.3) is 0 Å². The first kappa shape index (κ1) is 14.3. The average molecular weight is 301 g/mol. The van der Waals surface area contributed by atoms with E-state index >= 15 is 0 Å². The van der Waals surface area contributed by atoms with E-state index in [1.54, 1.807) is 6.20 Å². The summed E-state index contributed by atoms with van der Waals surface area (Å²) < 4.78 is 5.71. The van der Waals surface area contributed by atoms with Crippen molar-refractivity contribution in [3.63, 3.8) is 0 Å². The number of ether oxygens (including phenoxy) is 1. The van der Waals surface area contributed by atoms with Crippen molar-refractivity contribution >= 4 is 21.7 Å².